The van der Waals surface area contributed by atoms with Crippen LogP contribution in [0.2, 0.25) is 0 Å². The van der Waals surface area contributed by atoms with Gasteiger partial charge in [0.2, 0.25) is 5.89 Å². The van der Waals surface area contributed by atoms with E-state index in [1.807, 2.05) is 7.05 Å². The average molecular weight is 251 g/mol. The highest BCUT2D eigenvalue weighted by Crippen LogP contribution is 2.34. The van der Waals surface area contributed by atoms with Crippen LogP contribution in [0.1, 0.15) is 70.0 Å². The molecule has 0 radical (unpaired) electrons. The Morgan fingerprint density at radius 1 is 1.22 bits per heavy atom. The Hall–Kier alpha value is -0.900. The van der Waals surface area contributed by atoms with E-state index in [1.54, 1.807) is 0 Å². The highest BCUT2D eigenvalue weighted by atomic mass is 16.5. The van der Waals surface area contributed by atoms with Crippen LogP contribution in [-0.4, -0.2) is 23.2 Å². The average Bonchev–Trinajstić information content (AvgIpc) is 2.87. The van der Waals surface area contributed by atoms with Crippen LogP contribution in [0.15, 0.2) is 4.52 Å². The van der Waals surface area contributed by atoms with Crippen LogP contribution in [0.4, 0.5) is 0 Å². The summed E-state index contributed by atoms with van der Waals surface area (Å²) in [7, 11) is 1.96. The minimum absolute atomic E-state index is 0.263. The Kier molecular flexibility index (Phi) is 4.38. The molecule has 1 aliphatic rings. The molecule has 1 aromatic rings. The molecule has 1 saturated carbocycles. The molecule has 18 heavy (non-hydrogen) atoms. The van der Waals surface area contributed by atoms with Gasteiger partial charge in [-0.05, 0) is 32.7 Å². The first-order valence-corrected chi connectivity index (χ1v) is 7.12. The fraction of sp³-hybridized carbons (Fsp3) is 0.857. The summed E-state index contributed by atoms with van der Waals surface area (Å²) in [5.74, 6) is 3.32. The Morgan fingerprint density at radius 2 is 1.89 bits per heavy atom. The molecular formula is C14H25N3O. The predicted molar refractivity (Wildman–Crippen MR) is 71.6 cm³/mol. The van der Waals surface area contributed by atoms with E-state index in [0.29, 0.717) is 12.0 Å². The molecule has 4 nitrogen and oxygen atoms in total. The van der Waals surface area contributed by atoms with Crippen LogP contribution >= 0.6 is 0 Å². The third-order valence-electron chi connectivity index (χ3n) is 4.43. The minimum Gasteiger partial charge on any atom is -0.339 e. The number of hydrogen-bond acceptors (Lipinski definition) is 4. The summed E-state index contributed by atoms with van der Waals surface area (Å²) in [6, 6.07) is 0.352. The largest absolute Gasteiger partial charge is 0.339 e. The molecule has 2 unspecified atom stereocenters. The van der Waals surface area contributed by atoms with Gasteiger partial charge in [-0.25, -0.2) is 0 Å². The second-order valence-corrected chi connectivity index (χ2v) is 5.81. The van der Waals surface area contributed by atoms with E-state index in [1.165, 1.54) is 25.7 Å². The van der Waals surface area contributed by atoms with Crippen molar-refractivity contribution in [3.05, 3.63) is 11.7 Å². The van der Waals surface area contributed by atoms with Crippen molar-refractivity contribution in [3.63, 3.8) is 0 Å². The molecule has 0 saturated heterocycles. The molecule has 1 N–H and O–H groups in total. The van der Waals surface area contributed by atoms with E-state index in [9.17, 15) is 0 Å². The molecule has 1 fully saturated rings. The van der Waals surface area contributed by atoms with Crippen molar-refractivity contribution >= 4 is 0 Å². The Labute approximate surface area is 110 Å². The maximum Gasteiger partial charge on any atom is 0.231 e. The van der Waals surface area contributed by atoms with Crippen LogP contribution in [0.25, 0.3) is 0 Å². The standard InChI is InChI=1S/C14H25N3O/c1-9-5-7-12(8-6-9)13-16-14(18-17-13)10(2)11(3)15-4/h9-12,15H,5-8H2,1-4H3. The highest BCUT2D eigenvalue weighted by Gasteiger charge is 2.26. The molecule has 2 atom stereocenters. The van der Waals surface area contributed by atoms with Crippen LogP contribution < -0.4 is 5.32 Å². The van der Waals surface area contributed by atoms with E-state index in [-0.39, 0.29) is 5.92 Å². The molecule has 1 aromatic heterocycles. The number of likely N-dealkylation sites (N-methyl/N-ethyl adjacent to an activating group) is 1. The van der Waals surface area contributed by atoms with E-state index in [2.05, 4.69) is 36.2 Å². The van der Waals surface area contributed by atoms with E-state index in [4.69, 9.17) is 4.52 Å². The maximum absolute atomic E-state index is 5.43. The topological polar surface area (TPSA) is 51.0 Å². The third kappa shape index (κ3) is 2.91. The van der Waals surface area contributed by atoms with Crippen molar-refractivity contribution in [2.24, 2.45) is 5.92 Å². The van der Waals surface area contributed by atoms with Crippen molar-refractivity contribution < 1.29 is 4.52 Å². The molecule has 102 valence electrons. The van der Waals surface area contributed by atoms with Crippen molar-refractivity contribution in [2.45, 2.75) is 64.3 Å². The van der Waals surface area contributed by atoms with Gasteiger partial charge in [0.25, 0.3) is 0 Å². The molecule has 0 aliphatic heterocycles. The molecule has 0 spiro atoms. The summed E-state index contributed by atoms with van der Waals surface area (Å²) >= 11 is 0. The summed E-state index contributed by atoms with van der Waals surface area (Å²) in [6.45, 7) is 6.59. The summed E-state index contributed by atoms with van der Waals surface area (Å²) < 4.78 is 5.43. The number of aromatic nitrogens is 2. The number of hydrogen-bond donors (Lipinski definition) is 1. The van der Waals surface area contributed by atoms with Crippen LogP contribution in [0, 0.1) is 5.92 Å². The van der Waals surface area contributed by atoms with Gasteiger partial charge in [-0.3, -0.25) is 0 Å². The zero-order valence-electron chi connectivity index (χ0n) is 11.9. The summed E-state index contributed by atoms with van der Waals surface area (Å²) in [6.07, 6.45) is 4.99. The molecule has 4 heteroatoms. The normalized spacial score (nSPS) is 28.0. The summed E-state index contributed by atoms with van der Waals surface area (Å²) in [4.78, 5) is 4.61. The van der Waals surface area contributed by atoms with Crippen molar-refractivity contribution in [1.82, 2.24) is 15.5 Å². The molecule has 2 rings (SSSR count). The van der Waals surface area contributed by atoms with Gasteiger partial charge in [0.15, 0.2) is 5.82 Å². The van der Waals surface area contributed by atoms with Gasteiger partial charge in [-0.2, -0.15) is 4.98 Å². The van der Waals surface area contributed by atoms with Crippen LogP contribution in [0.3, 0.4) is 0 Å². The number of rotatable bonds is 4. The van der Waals surface area contributed by atoms with Crippen molar-refractivity contribution in [3.8, 4) is 0 Å². The fourth-order valence-electron chi connectivity index (χ4n) is 2.58. The first kappa shape index (κ1) is 13.5. The molecule has 1 heterocycles. The number of nitrogens with zero attached hydrogens (tertiary/aromatic N) is 2. The smallest absolute Gasteiger partial charge is 0.231 e. The Morgan fingerprint density at radius 3 is 2.50 bits per heavy atom. The molecule has 0 aromatic carbocycles. The zero-order chi connectivity index (χ0) is 13.1. The van der Waals surface area contributed by atoms with E-state index in [0.717, 1.165) is 17.6 Å². The second-order valence-electron chi connectivity index (χ2n) is 5.81. The van der Waals surface area contributed by atoms with Gasteiger partial charge in [0, 0.05) is 12.0 Å². The summed E-state index contributed by atoms with van der Waals surface area (Å²) in [5.41, 5.74) is 0. The lowest BCUT2D eigenvalue weighted by atomic mass is 9.83. The third-order valence-corrected chi connectivity index (χ3v) is 4.43. The Bertz CT molecular complexity index is 369. The van der Waals surface area contributed by atoms with Crippen LogP contribution in [0.5, 0.6) is 0 Å². The van der Waals surface area contributed by atoms with Crippen molar-refractivity contribution in [1.29, 1.82) is 0 Å². The molecular weight excluding hydrogens is 226 g/mol. The maximum atomic E-state index is 5.43. The lowest BCUT2D eigenvalue weighted by molar-refractivity contribution is 0.313. The van der Waals surface area contributed by atoms with Crippen molar-refractivity contribution in [2.75, 3.05) is 7.05 Å². The number of nitrogens with one attached hydrogen (secondary N) is 1. The van der Waals surface area contributed by atoms with Gasteiger partial charge >= 0.3 is 0 Å². The SMILES string of the molecule is CNC(C)C(C)c1nc(C2CCC(C)CC2)no1. The summed E-state index contributed by atoms with van der Waals surface area (Å²) in [5, 5.41) is 7.42. The second kappa shape index (κ2) is 5.83. The van der Waals surface area contributed by atoms with Gasteiger partial charge in [0.05, 0.1) is 5.92 Å². The molecule has 0 bridgehead atoms. The molecule has 1 aliphatic carbocycles. The Balaban J connectivity index is 2.01. The lowest BCUT2D eigenvalue weighted by Crippen LogP contribution is -2.27. The minimum atomic E-state index is 0.263. The highest BCUT2D eigenvalue weighted by molar-refractivity contribution is 5.01. The monoisotopic (exact) mass is 251 g/mol. The predicted octanol–water partition coefficient (Wildman–Crippen LogP) is 3.07. The van der Waals surface area contributed by atoms with E-state index < -0.39 is 0 Å². The quantitative estimate of drug-likeness (QED) is 0.893. The van der Waals surface area contributed by atoms with Gasteiger partial charge in [-0.15, -0.1) is 0 Å². The zero-order valence-corrected chi connectivity index (χ0v) is 11.9. The van der Waals surface area contributed by atoms with Gasteiger partial charge < -0.3 is 9.84 Å². The first-order chi connectivity index (χ1) is 8.61. The lowest BCUT2D eigenvalue weighted by Gasteiger charge is -2.23. The van der Waals surface area contributed by atoms with Crippen LogP contribution in [-0.2, 0) is 0 Å². The van der Waals surface area contributed by atoms with Gasteiger partial charge in [-0.1, -0.05) is 31.8 Å². The fourth-order valence-corrected chi connectivity index (χ4v) is 2.58. The first-order valence-electron chi connectivity index (χ1n) is 7.12. The van der Waals surface area contributed by atoms with E-state index >= 15 is 0 Å². The van der Waals surface area contributed by atoms with Gasteiger partial charge in [0.1, 0.15) is 0 Å². The molecule has 0 amide bonds.